The van der Waals surface area contributed by atoms with E-state index in [2.05, 4.69) is 15.9 Å². The van der Waals surface area contributed by atoms with E-state index >= 15 is 0 Å². The molecule has 0 aliphatic rings. The number of carboxylic acids is 1. The number of carboxylic acid groups (broad SMARTS) is 1. The number of halogens is 5. The summed E-state index contributed by atoms with van der Waals surface area (Å²) >= 11 is 3.15. The van der Waals surface area contributed by atoms with E-state index in [1.165, 1.54) is 0 Å². The number of carbonyl (C=O) groups is 1. The Balaban J connectivity index is 0.000000891. The third-order valence-corrected chi connectivity index (χ3v) is 2.98. The fraction of sp³-hybridized carbons (Fsp3) is 0.188. The Kier molecular flexibility index (Phi) is 6.92. The molecule has 130 valence electrons. The summed E-state index contributed by atoms with van der Waals surface area (Å²) in [6.07, 6.45) is 0. The molecule has 24 heavy (non-hydrogen) atoms. The van der Waals surface area contributed by atoms with Crippen LogP contribution >= 0.6 is 15.9 Å². The summed E-state index contributed by atoms with van der Waals surface area (Å²) in [5, 5.41) is 20.5. The van der Waals surface area contributed by atoms with Crippen LogP contribution in [0.1, 0.15) is 18.1 Å². The summed E-state index contributed by atoms with van der Waals surface area (Å²) in [6.45, 7) is 2.04. The summed E-state index contributed by atoms with van der Waals surface area (Å²) in [4.78, 5) is 11.3. The van der Waals surface area contributed by atoms with E-state index in [0.717, 1.165) is 17.5 Å². The molecule has 0 heterocycles. The molecule has 2 rings (SSSR count). The topological polar surface area (TPSA) is 57.5 Å². The summed E-state index contributed by atoms with van der Waals surface area (Å²) in [7, 11) is 0. The number of hydrogen-bond donors (Lipinski definition) is 2. The van der Waals surface area contributed by atoms with E-state index < -0.39 is 46.0 Å². The van der Waals surface area contributed by atoms with Gasteiger partial charge in [-0.05, 0) is 24.3 Å². The van der Waals surface area contributed by atoms with E-state index in [4.69, 9.17) is 0 Å². The Morgan fingerprint density at radius 2 is 1.29 bits per heavy atom. The lowest BCUT2D eigenvalue weighted by atomic mass is 9.86. The smallest absolute Gasteiger partial charge is 0.345 e. The molecule has 0 saturated carbocycles. The van der Waals surface area contributed by atoms with E-state index in [0.29, 0.717) is 24.3 Å². The van der Waals surface area contributed by atoms with Crippen molar-refractivity contribution in [3.8, 4) is 0 Å². The van der Waals surface area contributed by atoms with Crippen LogP contribution in [0.3, 0.4) is 0 Å². The molecular formula is C16H13BrF4O3. The zero-order valence-electron chi connectivity index (χ0n) is 12.4. The van der Waals surface area contributed by atoms with Crippen molar-refractivity contribution in [2.45, 2.75) is 12.5 Å². The minimum atomic E-state index is -2.84. The lowest BCUT2D eigenvalue weighted by Gasteiger charge is -2.24. The zero-order chi connectivity index (χ0) is 18.5. The predicted molar refractivity (Wildman–Crippen MR) is 82.8 cm³/mol. The molecule has 0 atom stereocenters. The largest absolute Gasteiger partial charge is 0.479 e. The molecule has 2 aromatic rings. The molecule has 2 N–H and O–H groups in total. The second-order valence-electron chi connectivity index (χ2n) is 4.54. The Morgan fingerprint density at radius 3 is 1.54 bits per heavy atom. The third kappa shape index (κ3) is 4.12. The maximum Gasteiger partial charge on any atom is 0.345 e. The summed E-state index contributed by atoms with van der Waals surface area (Å²) < 4.78 is 52.2. The van der Waals surface area contributed by atoms with Crippen molar-refractivity contribution in [3.05, 3.63) is 70.8 Å². The highest BCUT2D eigenvalue weighted by Gasteiger charge is 2.41. The second kappa shape index (κ2) is 8.25. The number of alkyl halides is 1. The first-order valence-electron chi connectivity index (χ1n) is 6.61. The second-order valence-corrected chi connectivity index (χ2v) is 5.66. The van der Waals surface area contributed by atoms with E-state index in [1.54, 1.807) is 0 Å². The molecule has 0 aliphatic heterocycles. The lowest BCUT2D eigenvalue weighted by molar-refractivity contribution is -0.155. The SMILES string of the molecule is CCBr.O=C(O)C(O)(c1ccc(F)c(F)c1)c1ccc(F)c(F)c1. The molecular weight excluding hydrogens is 396 g/mol. The van der Waals surface area contributed by atoms with Crippen molar-refractivity contribution in [1.29, 1.82) is 0 Å². The van der Waals surface area contributed by atoms with Crippen molar-refractivity contribution in [2.75, 3.05) is 5.33 Å². The molecule has 0 spiro atoms. The zero-order valence-corrected chi connectivity index (χ0v) is 13.9. The van der Waals surface area contributed by atoms with Gasteiger partial charge in [0.25, 0.3) is 0 Å². The van der Waals surface area contributed by atoms with Crippen LogP contribution in [0.2, 0.25) is 0 Å². The Hall–Kier alpha value is -1.93. The molecule has 3 nitrogen and oxygen atoms in total. The van der Waals surface area contributed by atoms with Crippen molar-refractivity contribution in [2.24, 2.45) is 0 Å². The predicted octanol–water partition coefficient (Wildman–Crippen LogP) is 3.96. The quantitative estimate of drug-likeness (QED) is 0.596. The van der Waals surface area contributed by atoms with Crippen molar-refractivity contribution in [3.63, 3.8) is 0 Å². The van der Waals surface area contributed by atoms with Gasteiger partial charge in [0.05, 0.1) is 0 Å². The van der Waals surface area contributed by atoms with Crippen LogP contribution in [0.15, 0.2) is 36.4 Å². The van der Waals surface area contributed by atoms with Crippen LogP contribution in [-0.4, -0.2) is 21.5 Å². The van der Waals surface area contributed by atoms with Gasteiger partial charge in [0, 0.05) is 16.5 Å². The van der Waals surface area contributed by atoms with Crippen LogP contribution in [-0.2, 0) is 10.4 Å². The van der Waals surface area contributed by atoms with Crippen molar-refractivity contribution < 1.29 is 32.6 Å². The number of hydrogen-bond acceptors (Lipinski definition) is 2. The van der Waals surface area contributed by atoms with E-state index in [-0.39, 0.29) is 0 Å². The monoisotopic (exact) mass is 408 g/mol. The third-order valence-electron chi connectivity index (χ3n) is 2.98. The highest BCUT2D eigenvalue weighted by Crippen LogP contribution is 2.31. The first-order chi connectivity index (χ1) is 11.2. The van der Waals surface area contributed by atoms with E-state index in [1.807, 2.05) is 6.92 Å². The van der Waals surface area contributed by atoms with Crippen molar-refractivity contribution >= 4 is 21.9 Å². The normalized spacial score (nSPS) is 10.8. The molecule has 0 saturated heterocycles. The highest BCUT2D eigenvalue weighted by atomic mass is 79.9. The summed E-state index contributed by atoms with van der Waals surface area (Å²) in [5.41, 5.74) is -3.90. The molecule has 0 unspecified atom stereocenters. The lowest BCUT2D eigenvalue weighted by Crippen LogP contribution is -2.37. The molecule has 0 amide bonds. The first-order valence-corrected chi connectivity index (χ1v) is 7.73. The van der Waals surface area contributed by atoms with Gasteiger partial charge in [-0.25, -0.2) is 22.4 Å². The summed E-state index contributed by atoms with van der Waals surface area (Å²) in [5.74, 6) is -7.09. The molecule has 0 fully saturated rings. The molecule has 2 aromatic carbocycles. The standard InChI is InChI=1S/C14H8F4O3.C2H5Br/c15-9-3-1-7(5-11(9)17)14(21,13(19)20)8-2-4-10(16)12(18)6-8;1-2-3/h1-6,21H,(H,19,20);2H2,1H3. The van der Waals surface area contributed by atoms with E-state index in [9.17, 15) is 32.6 Å². The van der Waals surface area contributed by atoms with Gasteiger partial charge in [0.2, 0.25) is 5.60 Å². The van der Waals surface area contributed by atoms with Crippen LogP contribution in [0.4, 0.5) is 17.6 Å². The Bertz CT molecular complexity index is 686. The van der Waals surface area contributed by atoms with Crippen LogP contribution in [0.25, 0.3) is 0 Å². The molecule has 0 aliphatic carbocycles. The van der Waals surface area contributed by atoms with Crippen LogP contribution in [0, 0.1) is 23.3 Å². The number of aliphatic hydroxyl groups is 1. The average molecular weight is 409 g/mol. The van der Waals surface area contributed by atoms with Gasteiger partial charge >= 0.3 is 5.97 Å². The van der Waals surface area contributed by atoms with Gasteiger partial charge in [-0.2, -0.15) is 0 Å². The first kappa shape index (κ1) is 20.1. The number of aliphatic carboxylic acids is 1. The molecule has 0 bridgehead atoms. The van der Waals surface area contributed by atoms with Crippen LogP contribution < -0.4 is 0 Å². The maximum absolute atomic E-state index is 13.2. The number of rotatable bonds is 3. The summed E-state index contributed by atoms with van der Waals surface area (Å²) in [6, 6.07) is 3.88. The van der Waals surface area contributed by atoms with Crippen molar-refractivity contribution in [1.82, 2.24) is 0 Å². The van der Waals surface area contributed by atoms with Gasteiger partial charge in [-0.3, -0.25) is 0 Å². The molecule has 8 heteroatoms. The van der Waals surface area contributed by atoms with Gasteiger partial charge in [-0.15, -0.1) is 0 Å². The number of benzene rings is 2. The Labute approximate surface area is 143 Å². The average Bonchev–Trinajstić information content (AvgIpc) is 2.52. The molecule has 0 radical (unpaired) electrons. The van der Waals surface area contributed by atoms with Gasteiger partial charge in [0.1, 0.15) is 0 Å². The van der Waals surface area contributed by atoms with Gasteiger partial charge in [-0.1, -0.05) is 35.0 Å². The maximum atomic E-state index is 13.2. The van der Waals surface area contributed by atoms with Gasteiger partial charge in [0.15, 0.2) is 23.3 Å². The fourth-order valence-corrected chi connectivity index (χ4v) is 1.86. The molecule has 0 aromatic heterocycles. The minimum absolute atomic E-state index is 0.477. The highest BCUT2D eigenvalue weighted by molar-refractivity contribution is 9.09. The Morgan fingerprint density at radius 1 is 0.958 bits per heavy atom. The fourth-order valence-electron chi connectivity index (χ4n) is 1.86. The minimum Gasteiger partial charge on any atom is -0.479 e. The van der Waals surface area contributed by atoms with Crippen LogP contribution in [0.5, 0.6) is 0 Å². The van der Waals surface area contributed by atoms with Gasteiger partial charge < -0.3 is 10.2 Å².